The van der Waals surface area contributed by atoms with Gasteiger partial charge in [0.1, 0.15) is 0 Å². The SMILES string of the molecule is c1ccc(CCCn2c3ccccc3c3cc(CN4CCN(Cc5cc6c7ccccc7n(CCCc7ccccc7)c6cn5)CC4)ncc32)cc1. The van der Waals surface area contributed by atoms with Crippen LogP contribution in [0.15, 0.2) is 134 Å². The number of pyridine rings is 2. The Morgan fingerprint density at radius 2 is 0.827 bits per heavy atom. The van der Waals surface area contributed by atoms with Gasteiger partial charge in [-0.2, -0.15) is 0 Å². The van der Waals surface area contributed by atoms with Crippen LogP contribution >= 0.6 is 0 Å². The molecule has 0 spiro atoms. The molecule has 4 aromatic heterocycles. The van der Waals surface area contributed by atoms with Crippen LogP contribution in [0.5, 0.6) is 0 Å². The van der Waals surface area contributed by atoms with Crippen molar-refractivity contribution in [1.82, 2.24) is 28.9 Å². The van der Waals surface area contributed by atoms with Gasteiger partial charge in [-0.3, -0.25) is 19.8 Å². The molecule has 0 aliphatic carbocycles. The summed E-state index contributed by atoms with van der Waals surface area (Å²) in [4.78, 5) is 15.1. The van der Waals surface area contributed by atoms with Gasteiger partial charge in [0.05, 0.1) is 34.8 Å². The second kappa shape index (κ2) is 14.7. The van der Waals surface area contributed by atoms with Crippen LogP contribution in [0.25, 0.3) is 43.6 Å². The molecule has 8 aromatic rings. The average molecular weight is 683 g/mol. The largest absolute Gasteiger partial charge is 0.339 e. The molecule has 0 amide bonds. The first-order valence-corrected chi connectivity index (χ1v) is 19.0. The molecule has 1 saturated heterocycles. The maximum absolute atomic E-state index is 5.01. The number of benzene rings is 4. The van der Waals surface area contributed by atoms with E-state index < -0.39 is 0 Å². The molecule has 5 heterocycles. The zero-order valence-electron chi connectivity index (χ0n) is 29.9. The van der Waals surface area contributed by atoms with Gasteiger partial charge in [-0.05, 0) is 61.1 Å². The number of para-hydroxylation sites is 2. The van der Waals surface area contributed by atoms with Crippen molar-refractivity contribution < 1.29 is 0 Å². The zero-order chi connectivity index (χ0) is 34.7. The summed E-state index contributed by atoms with van der Waals surface area (Å²) in [5.41, 5.74) is 10.2. The molecule has 52 heavy (non-hydrogen) atoms. The number of hydrogen-bond acceptors (Lipinski definition) is 4. The van der Waals surface area contributed by atoms with Crippen molar-refractivity contribution in [3.05, 3.63) is 156 Å². The highest BCUT2D eigenvalue weighted by molar-refractivity contribution is 6.08. The zero-order valence-corrected chi connectivity index (χ0v) is 29.9. The van der Waals surface area contributed by atoms with E-state index in [0.717, 1.165) is 89.4 Å². The van der Waals surface area contributed by atoms with Crippen molar-refractivity contribution in [3.8, 4) is 0 Å². The molecule has 4 aromatic carbocycles. The Hall–Kier alpha value is -5.30. The number of rotatable bonds is 12. The molecule has 0 unspecified atom stereocenters. The van der Waals surface area contributed by atoms with Gasteiger partial charge in [0.15, 0.2) is 0 Å². The first-order valence-electron chi connectivity index (χ1n) is 19.0. The van der Waals surface area contributed by atoms with Crippen molar-refractivity contribution in [3.63, 3.8) is 0 Å². The Bertz CT molecular complexity index is 2260. The van der Waals surface area contributed by atoms with Crippen LogP contribution in [0.3, 0.4) is 0 Å². The van der Waals surface area contributed by atoms with Crippen LogP contribution in [0.2, 0.25) is 0 Å². The number of fused-ring (bicyclic) bond motifs is 6. The fourth-order valence-corrected chi connectivity index (χ4v) is 8.37. The summed E-state index contributed by atoms with van der Waals surface area (Å²) in [6.07, 6.45) is 8.60. The van der Waals surface area contributed by atoms with Crippen LogP contribution in [0, 0.1) is 0 Å². The summed E-state index contributed by atoms with van der Waals surface area (Å²) in [5.74, 6) is 0. The van der Waals surface area contributed by atoms with Gasteiger partial charge < -0.3 is 9.13 Å². The van der Waals surface area contributed by atoms with Crippen LogP contribution in [-0.2, 0) is 39.0 Å². The van der Waals surface area contributed by atoms with E-state index >= 15 is 0 Å². The standard InChI is InChI=1S/C46H46N6/c1-3-13-35(14-4-1)17-11-23-51-43-21-9-7-19-39(43)41-29-37(47-31-45(41)51)33-49-25-27-50(28-26-49)34-38-30-42-40-20-8-10-22-44(40)52(46(42)32-48-38)24-12-18-36-15-5-2-6-16-36/h1-10,13-16,19-22,29-32H,11-12,17-18,23-28,33-34H2. The van der Waals surface area contributed by atoms with E-state index in [1.165, 1.54) is 54.7 Å². The number of hydrogen-bond donors (Lipinski definition) is 0. The van der Waals surface area contributed by atoms with Gasteiger partial charge in [-0.1, -0.05) is 97.1 Å². The lowest BCUT2D eigenvalue weighted by Gasteiger charge is -2.34. The highest BCUT2D eigenvalue weighted by Gasteiger charge is 2.20. The fourth-order valence-electron chi connectivity index (χ4n) is 8.37. The van der Waals surface area contributed by atoms with E-state index in [-0.39, 0.29) is 0 Å². The minimum Gasteiger partial charge on any atom is -0.339 e. The molecule has 260 valence electrons. The second-order valence-electron chi connectivity index (χ2n) is 14.5. The summed E-state index contributed by atoms with van der Waals surface area (Å²) < 4.78 is 4.94. The van der Waals surface area contributed by atoms with E-state index in [2.05, 4.69) is 153 Å². The Balaban J connectivity index is 0.848. The van der Waals surface area contributed by atoms with Crippen LogP contribution < -0.4 is 0 Å². The van der Waals surface area contributed by atoms with Crippen molar-refractivity contribution in [2.24, 2.45) is 0 Å². The van der Waals surface area contributed by atoms with Crippen molar-refractivity contribution in [2.75, 3.05) is 26.2 Å². The lowest BCUT2D eigenvalue weighted by molar-refractivity contribution is 0.120. The van der Waals surface area contributed by atoms with Crippen LogP contribution in [0.1, 0.15) is 35.4 Å². The fraction of sp³-hybridized carbons (Fsp3) is 0.261. The molecular weight excluding hydrogens is 637 g/mol. The van der Waals surface area contributed by atoms with E-state index in [1.54, 1.807) is 0 Å². The maximum Gasteiger partial charge on any atom is 0.0678 e. The molecule has 0 radical (unpaired) electrons. The lowest BCUT2D eigenvalue weighted by Crippen LogP contribution is -2.45. The maximum atomic E-state index is 5.01. The number of aromatic nitrogens is 4. The highest BCUT2D eigenvalue weighted by Crippen LogP contribution is 2.31. The third kappa shape index (κ3) is 6.72. The summed E-state index contributed by atoms with van der Waals surface area (Å²) in [6, 6.07) is 44.0. The molecule has 9 rings (SSSR count). The van der Waals surface area contributed by atoms with Crippen molar-refractivity contribution in [1.29, 1.82) is 0 Å². The average Bonchev–Trinajstić information content (AvgIpc) is 3.68. The topological polar surface area (TPSA) is 42.1 Å². The molecular formula is C46H46N6. The van der Waals surface area contributed by atoms with Gasteiger partial charge >= 0.3 is 0 Å². The van der Waals surface area contributed by atoms with E-state index in [0.29, 0.717) is 0 Å². The van der Waals surface area contributed by atoms with Crippen molar-refractivity contribution in [2.45, 2.75) is 51.9 Å². The minimum atomic E-state index is 0.880. The smallest absolute Gasteiger partial charge is 0.0678 e. The van der Waals surface area contributed by atoms with E-state index in [4.69, 9.17) is 9.97 Å². The molecule has 1 aliphatic rings. The molecule has 0 N–H and O–H groups in total. The van der Waals surface area contributed by atoms with Crippen LogP contribution in [-0.4, -0.2) is 55.1 Å². The molecule has 6 heteroatoms. The molecule has 6 nitrogen and oxygen atoms in total. The predicted molar refractivity (Wildman–Crippen MR) is 215 cm³/mol. The summed E-state index contributed by atoms with van der Waals surface area (Å²) in [6.45, 7) is 7.86. The normalized spacial score (nSPS) is 14.3. The summed E-state index contributed by atoms with van der Waals surface area (Å²) >= 11 is 0. The first-order chi connectivity index (χ1) is 25.8. The first kappa shape index (κ1) is 32.6. The van der Waals surface area contributed by atoms with Crippen molar-refractivity contribution >= 4 is 43.6 Å². The van der Waals surface area contributed by atoms with E-state index in [1.807, 2.05) is 0 Å². The minimum absolute atomic E-state index is 0.880. The molecule has 1 aliphatic heterocycles. The molecule has 0 saturated carbocycles. The van der Waals surface area contributed by atoms with Gasteiger partial charge in [0.2, 0.25) is 0 Å². The third-order valence-corrected chi connectivity index (χ3v) is 11.0. The molecule has 0 bridgehead atoms. The van der Waals surface area contributed by atoms with E-state index in [9.17, 15) is 0 Å². The van der Waals surface area contributed by atoms with Gasteiger partial charge in [0.25, 0.3) is 0 Å². The summed E-state index contributed by atoms with van der Waals surface area (Å²) in [5, 5.41) is 5.28. The third-order valence-electron chi connectivity index (χ3n) is 11.0. The quantitative estimate of drug-likeness (QED) is 0.129. The molecule has 1 fully saturated rings. The second-order valence-corrected chi connectivity index (χ2v) is 14.5. The van der Waals surface area contributed by atoms with Crippen LogP contribution in [0.4, 0.5) is 0 Å². The highest BCUT2D eigenvalue weighted by atomic mass is 15.3. The Morgan fingerprint density at radius 1 is 0.423 bits per heavy atom. The van der Waals surface area contributed by atoms with Gasteiger partial charge in [-0.25, -0.2) is 0 Å². The monoisotopic (exact) mass is 682 g/mol. The molecule has 0 atom stereocenters. The Morgan fingerprint density at radius 3 is 1.27 bits per heavy atom. The Labute approximate surface area is 306 Å². The lowest BCUT2D eigenvalue weighted by atomic mass is 10.1. The Kier molecular flexibility index (Phi) is 9.24. The summed E-state index contributed by atoms with van der Waals surface area (Å²) in [7, 11) is 0. The number of nitrogens with zero attached hydrogens (tertiary/aromatic N) is 6. The predicted octanol–water partition coefficient (Wildman–Crippen LogP) is 9.28. The number of aryl methyl sites for hydroxylation is 4. The van der Waals surface area contributed by atoms with Gasteiger partial charge in [-0.15, -0.1) is 0 Å². The van der Waals surface area contributed by atoms with Gasteiger partial charge in [0, 0.05) is 84.9 Å². The number of piperazine rings is 1.